The molecule has 1 aromatic rings. The van der Waals surface area contributed by atoms with Crippen LogP contribution in [-0.2, 0) is 24.2 Å². The first-order valence-electron chi connectivity index (χ1n) is 4.52. The predicted molar refractivity (Wildman–Crippen MR) is 52.8 cm³/mol. The van der Waals surface area contributed by atoms with Gasteiger partial charge in [-0.3, -0.25) is 0 Å². The highest BCUT2D eigenvalue weighted by molar-refractivity contribution is 7.06. The Morgan fingerprint density at radius 2 is 2.54 bits per heavy atom. The van der Waals surface area contributed by atoms with Crippen molar-refractivity contribution in [2.75, 3.05) is 7.11 Å². The summed E-state index contributed by atoms with van der Waals surface area (Å²) < 4.78 is 9.48. The van der Waals surface area contributed by atoms with Crippen LogP contribution >= 0.6 is 11.5 Å². The zero-order valence-corrected chi connectivity index (χ0v) is 8.56. The van der Waals surface area contributed by atoms with E-state index < -0.39 is 0 Å². The summed E-state index contributed by atoms with van der Waals surface area (Å²) >= 11 is 1.59. The van der Waals surface area contributed by atoms with Crippen LogP contribution in [0.3, 0.4) is 0 Å². The Kier molecular flexibility index (Phi) is 2.62. The minimum atomic E-state index is 0.336. The SMILES string of the molecule is COCc1nsc2c1CCC(N)C2. The molecule has 3 nitrogen and oxygen atoms in total. The molecule has 2 rings (SSSR count). The summed E-state index contributed by atoms with van der Waals surface area (Å²) in [6.45, 7) is 0.640. The minimum Gasteiger partial charge on any atom is -0.378 e. The second-order valence-electron chi connectivity index (χ2n) is 3.47. The standard InChI is InChI=1S/C9H14N2OS/c1-12-5-8-7-3-2-6(10)4-9(7)13-11-8/h6H,2-5,10H2,1H3. The topological polar surface area (TPSA) is 48.1 Å². The van der Waals surface area contributed by atoms with Gasteiger partial charge < -0.3 is 10.5 Å². The smallest absolute Gasteiger partial charge is 0.0897 e. The van der Waals surface area contributed by atoms with Crippen LogP contribution in [0.5, 0.6) is 0 Å². The molecule has 72 valence electrons. The van der Waals surface area contributed by atoms with Gasteiger partial charge >= 0.3 is 0 Å². The van der Waals surface area contributed by atoms with Gasteiger partial charge in [-0.2, -0.15) is 4.37 Å². The van der Waals surface area contributed by atoms with Crippen LogP contribution in [0.15, 0.2) is 0 Å². The lowest BCUT2D eigenvalue weighted by Gasteiger charge is -2.17. The van der Waals surface area contributed by atoms with Gasteiger partial charge in [-0.25, -0.2) is 0 Å². The monoisotopic (exact) mass is 198 g/mol. The normalized spacial score (nSPS) is 21.5. The summed E-state index contributed by atoms with van der Waals surface area (Å²) in [7, 11) is 1.71. The van der Waals surface area contributed by atoms with Crippen molar-refractivity contribution in [1.29, 1.82) is 0 Å². The molecule has 1 aliphatic carbocycles. The highest BCUT2D eigenvalue weighted by Crippen LogP contribution is 2.27. The lowest BCUT2D eigenvalue weighted by Crippen LogP contribution is -2.27. The fourth-order valence-corrected chi connectivity index (χ4v) is 2.75. The zero-order valence-electron chi connectivity index (χ0n) is 7.75. The second-order valence-corrected chi connectivity index (χ2v) is 4.32. The second kappa shape index (κ2) is 3.74. The third-order valence-corrected chi connectivity index (χ3v) is 3.39. The lowest BCUT2D eigenvalue weighted by molar-refractivity contribution is 0.181. The van der Waals surface area contributed by atoms with Gasteiger partial charge in [-0.05, 0) is 36.4 Å². The van der Waals surface area contributed by atoms with Crippen LogP contribution in [0.25, 0.3) is 0 Å². The van der Waals surface area contributed by atoms with E-state index in [0.29, 0.717) is 12.6 Å². The molecule has 0 amide bonds. The molecular formula is C9H14N2OS. The number of rotatable bonds is 2. The van der Waals surface area contributed by atoms with Crippen LogP contribution in [0.2, 0.25) is 0 Å². The number of ether oxygens (including phenoxy) is 1. The minimum absolute atomic E-state index is 0.336. The van der Waals surface area contributed by atoms with E-state index in [1.54, 1.807) is 18.6 Å². The predicted octanol–water partition coefficient (Wildman–Crippen LogP) is 1.11. The molecule has 0 fully saturated rings. The first-order valence-corrected chi connectivity index (χ1v) is 5.29. The van der Waals surface area contributed by atoms with Crippen molar-refractivity contribution >= 4 is 11.5 Å². The van der Waals surface area contributed by atoms with Gasteiger partial charge in [0.25, 0.3) is 0 Å². The number of methoxy groups -OCH3 is 1. The van der Waals surface area contributed by atoms with Crippen molar-refractivity contribution < 1.29 is 4.74 Å². The molecule has 0 spiro atoms. The molecule has 0 bridgehead atoms. The summed E-state index contributed by atoms with van der Waals surface area (Å²) in [4.78, 5) is 1.37. The van der Waals surface area contributed by atoms with Gasteiger partial charge in [0.15, 0.2) is 0 Å². The molecule has 2 N–H and O–H groups in total. The van der Waals surface area contributed by atoms with Crippen LogP contribution in [0.4, 0.5) is 0 Å². The summed E-state index contributed by atoms with van der Waals surface area (Å²) in [6.07, 6.45) is 3.16. The quantitative estimate of drug-likeness (QED) is 0.774. The highest BCUT2D eigenvalue weighted by atomic mass is 32.1. The van der Waals surface area contributed by atoms with Gasteiger partial charge in [-0.15, -0.1) is 0 Å². The molecule has 1 aliphatic rings. The first kappa shape index (κ1) is 9.12. The van der Waals surface area contributed by atoms with Crippen molar-refractivity contribution in [1.82, 2.24) is 4.37 Å². The van der Waals surface area contributed by atoms with Crippen molar-refractivity contribution in [3.63, 3.8) is 0 Å². The zero-order chi connectivity index (χ0) is 9.26. The maximum atomic E-state index is 5.88. The maximum Gasteiger partial charge on any atom is 0.0897 e. The molecule has 0 radical (unpaired) electrons. The first-order chi connectivity index (χ1) is 6.31. The maximum absolute atomic E-state index is 5.88. The Balaban J connectivity index is 2.23. The number of nitrogens with zero attached hydrogens (tertiary/aromatic N) is 1. The fraction of sp³-hybridized carbons (Fsp3) is 0.667. The molecule has 1 heterocycles. The van der Waals surface area contributed by atoms with E-state index in [4.69, 9.17) is 10.5 Å². The van der Waals surface area contributed by atoms with E-state index in [2.05, 4.69) is 4.37 Å². The van der Waals surface area contributed by atoms with Crippen molar-refractivity contribution in [2.24, 2.45) is 5.73 Å². The van der Waals surface area contributed by atoms with E-state index in [-0.39, 0.29) is 0 Å². The molecule has 1 unspecified atom stereocenters. The third kappa shape index (κ3) is 1.75. The molecule has 1 aromatic heterocycles. The van der Waals surface area contributed by atoms with Gasteiger partial charge in [0.2, 0.25) is 0 Å². The summed E-state index contributed by atoms with van der Waals surface area (Å²) in [5.74, 6) is 0. The third-order valence-electron chi connectivity index (χ3n) is 2.44. The van der Waals surface area contributed by atoms with Crippen LogP contribution in [0.1, 0.15) is 22.6 Å². The molecule has 1 atom stereocenters. The molecule has 0 aromatic carbocycles. The van der Waals surface area contributed by atoms with Gasteiger partial charge in [-0.1, -0.05) is 0 Å². The summed E-state index contributed by atoms with van der Waals surface area (Å²) in [5, 5.41) is 0. The van der Waals surface area contributed by atoms with Crippen molar-refractivity contribution in [3.05, 3.63) is 16.1 Å². The van der Waals surface area contributed by atoms with Crippen molar-refractivity contribution in [3.8, 4) is 0 Å². The van der Waals surface area contributed by atoms with Gasteiger partial charge in [0, 0.05) is 18.0 Å². The van der Waals surface area contributed by atoms with Gasteiger partial charge in [0.05, 0.1) is 12.3 Å². The molecule has 0 saturated carbocycles. The average molecular weight is 198 g/mol. The Bertz CT molecular complexity index is 284. The Morgan fingerprint density at radius 3 is 3.31 bits per heavy atom. The van der Waals surface area contributed by atoms with E-state index in [1.165, 1.54) is 10.4 Å². The molecule has 0 aliphatic heterocycles. The largest absolute Gasteiger partial charge is 0.378 e. The van der Waals surface area contributed by atoms with E-state index in [0.717, 1.165) is 25.0 Å². The van der Waals surface area contributed by atoms with Crippen LogP contribution in [-0.4, -0.2) is 17.5 Å². The average Bonchev–Trinajstić information content (AvgIpc) is 2.49. The van der Waals surface area contributed by atoms with E-state index >= 15 is 0 Å². The summed E-state index contributed by atoms with van der Waals surface area (Å²) in [5.41, 5.74) is 8.40. The molecule has 0 saturated heterocycles. The molecule has 4 heteroatoms. The van der Waals surface area contributed by atoms with Crippen LogP contribution < -0.4 is 5.73 Å². The number of aromatic nitrogens is 1. The Labute approximate surface area is 82.1 Å². The number of fused-ring (bicyclic) bond motifs is 1. The van der Waals surface area contributed by atoms with Crippen LogP contribution in [0, 0.1) is 0 Å². The van der Waals surface area contributed by atoms with Crippen molar-refractivity contribution in [2.45, 2.75) is 31.9 Å². The lowest BCUT2D eigenvalue weighted by atomic mass is 9.94. The van der Waals surface area contributed by atoms with E-state index in [9.17, 15) is 0 Å². The summed E-state index contributed by atoms with van der Waals surface area (Å²) in [6, 6.07) is 0.336. The fourth-order valence-electron chi connectivity index (χ4n) is 1.75. The number of hydrogen-bond acceptors (Lipinski definition) is 4. The highest BCUT2D eigenvalue weighted by Gasteiger charge is 2.21. The molecular weight excluding hydrogens is 184 g/mol. The molecule has 13 heavy (non-hydrogen) atoms. The van der Waals surface area contributed by atoms with Gasteiger partial charge in [0.1, 0.15) is 0 Å². The Hall–Kier alpha value is -0.450. The number of nitrogens with two attached hydrogens (primary N) is 1. The number of hydrogen-bond donors (Lipinski definition) is 1. The van der Waals surface area contributed by atoms with E-state index in [1.807, 2.05) is 0 Å². The Morgan fingerprint density at radius 1 is 1.69 bits per heavy atom.